The Balaban J connectivity index is 2.23. The minimum atomic E-state index is -0.180. The average molecular weight is 258 g/mol. The van der Waals surface area contributed by atoms with Gasteiger partial charge >= 0.3 is 0 Å². The van der Waals surface area contributed by atoms with Crippen LogP contribution >= 0.6 is 0 Å². The predicted octanol–water partition coefficient (Wildman–Crippen LogP) is 3.53. The highest BCUT2D eigenvalue weighted by molar-refractivity contribution is 5.38. The van der Waals surface area contributed by atoms with Crippen LogP contribution in [0.2, 0.25) is 0 Å². The lowest BCUT2D eigenvalue weighted by molar-refractivity contribution is 0.238. The van der Waals surface area contributed by atoms with Crippen molar-refractivity contribution >= 4 is 0 Å². The van der Waals surface area contributed by atoms with E-state index in [1.54, 1.807) is 0 Å². The number of rotatable bonds is 4. The van der Waals surface area contributed by atoms with E-state index < -0.39 is 0 Å². The van der Waals surface area contributed by atoms with Crippen molar-refractivity contribution in [2.75, 3.05) is 19.7 Å². The average Bonchev–Trinajstić information content (AvgIpc) is 2.71. The van der Waals surface area contributed by atoms with Gasteiger partial charge in [-0.3, -0.25) is 4.90 Å². The fraction of sp³-hybridized carbons (Fsp3) is 0.562. The molecule has 1 unspecified atom stereocenters. The van der Waals surface area contributed by atoms with Gasteiger partial charge in [0.15, 0.2) is 0 Å². The van der Waals surface area contributed by atoms with Gasteiger partial charge in [0.1, 0.15) is 11.8 Å². The summed E-state index contributed by atoms with van der Waals surface area (Å²) < 4.78 is 5.66. The Hall–Kier alpha value is -1.53. The molecule has 1 aromatic carbocycles. The highest BCUT2D eigenvalue weighted by Crippen LogP contribution is 2.30. The van der Waals surface area contributed by atoms with E-state index in [1.807, 2.05) is 31.2 Å². The van der Waals surface area contributed by atoms with Crippen LogP contribution in [0, 0.1) is 11.3 Å². The number of nitrogens with zero attached hydrogens (tertiary/aromatic N) is 2. The van der Waals surface area contributed by atoms with E-state index in [9.17, 15) is 5.26 Å². The minimum absolute atomic E-state index is 0.180. The largest absolute Gasteiger partial charge is 0.493 e. The van der Waals surface area contributed by atoms with Crippen molar-refractivity contribution in [1.82, 2.24) is 4.90 Å². The zero-order valence-electron chi connectivity index (χ0n) is 11.6. The maximum absolute atomic E-state index is 9.57. The first-order valence-corrected chi connectivity index (χ1v) is 7.22. The van der Waals surface area contributed by atoms with Gasteiger partial charge in [-0.15, -0.1) is 0 Å². The maximum atomic E-state index is 9.57. The molecule has 3 heteroatoms. The van der Waals surface area contributed by atoms with Gasteiger partial charge in [0.25, 0.3) is 0 Å². The molecule has 0 aliphatic carbocycles. The Bertz CT molecular complexity index is 431. The molecule has 2 rings (SSSR count). The monoisotopic (exact) mass is 258 g/mol. The number of nitriles is 1. The molecule has 1 heterocycles. The molecule has 1 aliphatic rings. The van der Waals surface area contributed by atoms with Gasteiger partial charge in [-0.2, -0.15) is 5.26 Å². The van der Waals surface area contributed by atoms with Gasteiger partial charge in [0.2, 0.25) is 0 Å². The first kappa shape index (κ1) is 13.9. The molecule has 1 atom stereocenters. The smallest absolute Gasteiger partial charge is 0.127 e. The van der Waals surface area contributed by atoms with Crippen molar-refractivity contribution in [2.24, 2.45) is 0 Å². The van der Waals surface area contributed by atoms with Crippen LogP contribution in [0.15, 0.2) is 24.3 Å². The van der Waals surface area contributed by atoms with Crippen molar-refractivity contribution in [1.29, 1.82) is 5.26 Å². The highest BCUT2D eigenvalue weighted by atomic mass is 16.5. The molecule has 102 valence electrons. The molecule has 0 aromatic heterocycles. The van der Waals surface area contributed by atoms with E-state index in [2.05, 4.69) is 11.0 Å². The first-order valence-electron chi connectivity index (χ1n) is 7.22. The Kier molecular flexibility index (Phi) is 5.23. The predicted molar refractivity (Wildman–Crippen MR) is 76.0 cm³/mol. The normalized spacial score (nSPS) is 18.3. The van der Waals surface area contributed by atoms with E-state index in [-0.39, 0.29) is 6.04 Å². The standard InChI is InChI=1S/C16H22N2O/c1-2-19-16-10-6-5-9-14(16)15(13-17)18-11-7-3-4-8-12-18/h5-6,9-10,15H,2-4,7-8,11-12H2,1H3. The Morgan fingerprint density at radius 3 is 2.53 bits per heavy atom. The quantitative estimate of drug-likeness (QED) is 0.829. The van der Waals surface area contributed by atoms with Gasteiger partial charge in [0.05, 0.1) is 12.7 Å². The summed E-state index contributed by atoms with van der Waals surface area (Å²) in [6.07, 6.45) is 4.94. The van der Waals surface area contributed by atoms with Crippen LogP contribution in [0.4, 0.5) is 0 Å². The van der Waals surface area contributed by atoms with Crippen LogP contribution in [0.1, 0.15) is 44.2 Å². The van der Waals surface area contributed by atoms with E-state index in [0.29, 0.717) is 6.61 Å². The summed E-state index contributed by atoms with van der Waals surface area (Å²) in [6.45, 7) is 4.64. The van der Waals surface area contributed by atoms with Gasteiger partial charge < -0.3 is 4.74 Å². The number of benzene rings is 1. The van der Waals surface area contributed by atoms with Crippen LogP contribution in [-0.2, 0) is 0 Å². The zero-order valence-corrected chi connectivity index (χ0v) is 11.6. The number of hydrogen-bond donors (Lipinski definition) is 0. The Labute approximate surface area is 115 Å². The molecule has 0 saturated carbocycles. The third kappa shape index (κ3) is 3.48. The third-order valence-corrected chi connectivity index (χ3v) is 3.64. The van der Waals surface area contributed by atoms with Crippen LogP contribution in [-0.4, -0.2) is 24.6 Å². The lowest BCUT2D eigenvalue weighted by Gasteiger charge is -2.26. The number of para-hydroxylation sites is 1. The fourth-order valence-corrected chi connectivity index (χ4v) is 2.69. The second kappa shape index (κ2) is 7.16. The molecule has 0 N–H and O–H groups in total. The maximum Gasteiger partial charge on any atom is 0.127 e. The molecular formula is C16H22N2O. The van der Waals surface area contributed by atoms with Crippen molar-refractivity contribution in [3.8, 4) is 11.8 Å². The summed E-state index contributed by atoms with van der Waals surface area (Å²) in [5, 5.41) is 9.57. The van der Waals surface area contributed by atoms with Crippen molar-refractivity contribution in [3.63, 3.8) is 0 Å². The molecule has 0 bridgehead atoms. The van der Waals surface area contributed by atoms with Gasteiger partial charge in [0, 0.05) is 5.56 Å². The first-order chi connectivity index (χ1) is 9.36. The molecule has 3 nitrogen and oxygen atoms in total. The van der Waals surface area contributed by atoms with E-state index >= 15 is 0 Å². The van der Waals surface area contributed by atoms with Gasteiger partial charge in [-0.05, 0) is 38.9 Å². The summed E-state index contributed by atoms with van der Waals surface area (Å²) in [6, 6.07) is 10.2. The van der Waals surface area contributed by atoms with Crippen LogP contribution < -0.4 is 4.74 Å². The molecule has 0 spiro atoms. The molecular weight excluding hydrogens is 236 g/mol. The summed E-state index contributed by atoms with van der Waals surface area (Å²) in [5.74, 6) is 0.848. The van der Waals surface area contributed by atoms with E-state index in [4.69, 9.17) is 4.74 Å². The van der Waals surface area contributed by atoms with Gasteiger partial charge in [-0.25, -0.2) is 0 Å². The second-order valence-electron chi connectivity index (χ2n) is 4.95. The minimum Gasteiger partial charge on any atom is -0.493 e. The third-order valence-electron chi connectivity index (χ3n) is 3.64. The zero-order chi connectivity index (χ0) is 13.5. The number of hydrogen-bond acceptors (Lipinski definition) is 3. The van der Waals surface area contributed by atoms with Crippen LogP contribution in [0.3, 0.4) is 0 Å². The topological polar surface area (TPSA) is 36.3 Å². The van der Waals surface area contributed by atoms with Crippen LogP contribution in [0.5, 0.6) is 5.75 Å². The summed E-state index contributed by atoms with van der Waals surface area (Å²) in [5.41, 5.74) is 1.01. The lowest BCUT2D eigenvalue weighted by atomic mass is 10.0. The molecule has 1 fully saturated rings. The summed E-state index contributed by atoms with van der Waals surface area (Å²) in [7, 11) is 0. The fourth-order valence-electron chi connectivity index (χ4n) is 2.69. The van der Waals surface area contributed by atoms with E-state index in [1.165, 1.54) is 25.7 Å². The summed E-state index contributed by atoms with van der Waals surface area (Å²) in [4.78, 5) is 2.30. The van der Waals surface area contributed by atoms with Gasteiger partial charge in [-0.1, -0.05) is 31.0 Å². The Morgan fingerprint density at radius 1 is 1.21 bits per heavy atom. The van der Waals surface area contributed by atoms with E-state index in [0.717, 1.165) is 24.4 Å². The molecule has 1 saturated heterocycles. The molecule has 1 aromatic rings. The molecule has 0 radical (unpaired) electrons. The summed E-state index contributed by atoms with van der Waals surface area (Å²) >= 11 is 0. The molecule has 1 aliphatic heterocycles. The SMILES string of the molecule is CCOc1ccccc1C(C#N)N1CCCCCC1. The van der Waals surface area contributed by atoms with Crippen molar-refractivity contribution < 1.29 is 4.74 Å². The number of likely N-dealkylation sites (tertiary alicyclic amines) is 1. The Morgan fingerprint density at radius 2 is 1.89 bits per heavy atom. The second-order valence-corrected chi connectivity index (χ2v) is 4.95. The van der Waals surface area contributed by atoms with Crippen molar-refractivity contribution in [2.45, 2.75) is 38.6 Å². The van der Waals surface area contributed by atoms with Crippen LogP contribution in [0.25, 0.3) is 0 Å². The highest BCUT2D eigenvalue weighted by Gasteiger charge is 2.23. The van der Waals surface area contributed by atoms with Crippen molar-refractivity contribution in [3.05, 3.63) is 29.8 Å². The number of ether oxygens (including phenoxy) is 1. The molecule has 0 amide bonds. The molecule has 19 heavy (non-hydrogen) atoms. The lowest BCUT2D eigenvalue weighted by Crippen LogP contribution is -2.29.